The fourth-order valence-electron chi connectivity index (χ4n) is 2.50. The molecule has 2 N–H and O–H groups in total. The van der Waals surface area contributed by atoms with Crippen molar-refractivity contribution in [3.05, 3.63) is 65.1 Å². The standard InChI is InChI=1S/C18H15FN2O2/c1-10-7-13(22)4-6-16(10)21-18(23)15-8-11(2)20-17-5-3-12(19)9-14(15)17/h3-9,22H,1-2H3,(H,21,23). The molecule has 0 aliphatic rings. The van der Waals surface area contributed by atoms with E-state index in [9.17, 15) is 14.3 Å². The van der Waals surface area contributed by atoms with Crippen molar-refractivity contribution in [3.8, 4) is 5.75 Å². The lowest BCUT2D eigenvalue weighted by Gasteiger charge is -2.11. The second-order valence-electron chi connectivity index (χ2n) is 5.43. The summed E-state index contributed by atoms with van der Waals surface area (Å²) in [6.07, 6.45) is 0. The predicted octanol–water partition coefficient (Wildman–Crippen LogP) is 3.95. The molecule has 23 heavy (non-hydrogen) atoms. The molecule has 0 saturated heterocycles. The summed E-state index contributed by atoms with van der Waals surface area (Å²) in [7, 11) is 0. The minimum atomic E-state index is -0.419. The maximum absolute atomic E-state index is 13.5. The number of amides is 1. The van der Waals surface area contributed by atoms with Crippen molar-refractivity contribution < 1.29 is 14.3 Å². The first-order valence-corrected chi connectivity index (χ1v) is 7.12. The van der Waals surface area contributed by atoms with Crippen LogP contribution >= 0.6 is 0 Å². The third-order valence-electron chi connectivity index (χ3n) is 3.60. The van der Waals surface area contributed by atoms with Crippen LogP contribution in [0.5, 0.6) is 5.75 Å². The van der Waals surface area contributed by atoms with Crippen molar-refractivity contribution in [3.63, 3.8) is 0 Å². The maximum atomic E-state index is 13.5. The number of nitrogens with zero attached hydrogens (tertiary/aromatic N) is 1. The Balaban J connectivity index is 2.05. The molecular weight excluding hydrogens is 295 g/mol. The van der Waals surface area contributed by atoms with Gasteiger partial charge in [0.05, 0.1) is 11.1 Å². The van der Waals surface area contributed by atoms with Crippen LogP contribution in [-0.4, -0.2) is 16.0 Å². The highest BCUT2D eigenvalue weighted by molar-refractivity contribution is 6.12. The normalized spacial score (nSPS) is 10.7. The summed E-state index contributed by atoms with van der Waals surface area (Å²) in [6, 6.07) is 10.5. The highest BCUT2D eigenvalue weighted by atomic mass is 19.1. The molecular formula is C18H15FN2O2. The Labute approximate surface area is 132 Å². The highest BCUT2D eigenvalue weighted by Gasteiger charge is 2.14. The minimum Gasteiger partial charge on any atom is -0.508 e. The molecule has 2 aromatic carbocycles. The van der Waals surface area contributed by atoms with Crippen LogP contribution in [0.2, 0.25) is 0 Å². The van der Waals surface area contributed by atoms with Gasteiger partial charge in [-0.1, -0.05) is 0 Å². The average Bonchev–Trinajstić information content (AvgIpc) is 2.49. The third-order valence-corrected chi connectivity index (χ3v) is 3.60. The van der Waals surface area contributed by atoms with Crippen molar-refractivity contribution >= 4 is 22.5 Å². The van der Waals surface area contributed by atoms with E-state index in [1.165, 1.54) is 18.2 Å². The Morgan fingerprint density at radius 3 is 2.65 bits per heavy atom. The van der Waals surface area contributed by atoms with Gasteiger partial charge in [0, 0.05) is 16.8 Å². The number of pyridine rings is 1. The Morgan fingerprint density at radius 1 is 1.13 bits per heavy atom. The van der Waals surface area contributed by atoms with E-state index in [2.05, 4.69) is 10.3 Å². The van der Waals surface area contributed by atoms with Gasteiger partial charge < -0.3 is 10.4 Å². The highest BCUT2D eigenvalue weighted by Crippen LogP contribution is 2.24. The summed E-state index contributed by atoms with van der Waals surface area (Å²) in [5.74, 6) is -0.634. The summed E-state index contributed by atoms with van der Waals surface area (Å²) in [4.78, 5) is 16.9. The molecule has 0 atom stereocenters. The number of aromatic nitrogens is 1. The number of carbonyl (C=O) groups is 1. The molecule has 3 aromatic rings. The summed E-state index contributed by atoms with van der Waals surface area (Å²) >= 11 is 0. The lowest BCUT2D eigenvalue weighted by molar-refractivity contribution is 0.102. The third kappa shape index (κ3) is 2.99. The number of phenolic OH excluding ortho intramolecular Hbond substituents is 1. The zero-order chi connectivity index (χ0) is 16.6. The molecule has 0 fully saturated rings. The number of carbonyl (C=O) groups excluding carboxylic acids is 1. The average molecular weight is 310 g/mol. The first kappa shape index (κ1) is 15.0. The molecule has 1 aromatic heterocycles. The molecule has 0 saturated carbocycles. The zero-order valence-electron chi connectivity index (χ0n) is 12.7. The van der Waals surface area contributed by atoms with Gasteiger partial charge in [-0.3, -0.25) is 9.78 Å². The first-order valence-electron chi connectivity index (χ1n) is 7.12. The van der Waals surface area contributed by atoms with Crippen molar-refractivity contribution in [2.45, 2.75) is 13.8 Å². The number of fused-ring (bicyclic) bond motifs is 1. The van der Waals surface area contributed by atoms with Crippen LogP contribution in [0.4, 0.5) is 10.1 Å². The van der Waals surface area contributed by atoms with Crippen LogP contribution < -0.4 is 5.32 Å². The number of hydrogen-bond donors (Lipinski definition) is 2. The Kier molecular flexibility index (Phi) is 3.70. The van der Waals surface area contributed by atoms with Gasteiger partial charge in [0.1, 0.15) is 11.6 Å². The molecule has 5 heteroatoms. The van der Waals surface area contributed by atoms with Crippen LogP contribution in [0.25, 0.3) is 10.9 Å². The summed E-state index contributed by atoms with van der Waals surface area (Å²) in [5.41, 5.74) is 2.93. The Hall–Kier alpha value is -2.95. The molecule has 0 aliphatic heterocycles. The SMILES string of the molecule is Cc1cc(C(=O)Nc2ccc(O)cc2C)c2cc(F)ccc2n1. The molecule has 0 bridgehead atoms. The van der Waals surface area contributed by atoms with Crippen molar-refractivity contribution in [2.75, 3.05) is 5.32 Å². The number of aromatic hydroxyl groups is 1. The van der Waals surface area contributed by atoms with Gasteiger partial charge in [-0.15, -0.1) is 0 Å². The van der Waals surface area contributed by atoms with Crippen molar-refractivity contribution in [1.29, 1.82) is 0 Å². The van der Waals surface area contributed by atoms with E-state index in [1.54, 1.807) is 38.1 Å². The van der Waals surface area contributed by atoms with Gasteiger partial charge >= 0.3 is 0 Å². The first-order chi connectivity index (χ1) is 10.9. The second kappa shape index (κ2) is 5.68. The fraction of sp³-hybridized carbons (Fsp3) is 0.111. The lowest BCUT2D eigenvalue weighted by atomic mass is 10.1. The van der Waals surface area contributed by atoms with E-state index in [0.717, 1.165) is 5.56 Å². The summed E-state index contributed by atoms with van der Waals surface area (Å²) in [6.45, 7) is 3.57. The van der Waals surface area contributed by atoms with Crippen LogP contribution in [0.15, 0.2) is 42.5 Å². The van der Waals surface area contributed by atoms with Gasteiger partial charge in [-0.25, -0.2) is 4.39 Å². The van der Waals surface area contributed by atoms with E-state index < -0.39 is 5.82 Å². The van der Waals surface area contributed by atoms with Crippen LogP contribution in [-0.2, 0) is 0 Å². The van der Waals surface area contributed by atoms with Gasteiger partial charge in [0.25, 0.3) is 5.91 Å². The monoisotopic (exact) mass is 310 g/mol. The predicted molar refractivity (Wildman–Crippen MR) is 87.2 cm³/mol. The molecule has 3 rings (SSSR count). The minimum absolute atomic E-state index is 0.132. The van der Waals surface area contributed by atoms with Crippen LogP contribution in [0.3, 0.4) is 0 Å². The van der Waals surface area contributed by atoms with Gasteiger partial charge in [-0.05, 0) is 61.9 Å². The van der Waals surface area contributed by atoms with E-state index in [1.807, 2.05) is 0 Å². The lowest BCUT2D eigenvalue weighted by Crippen LogP contribution is -2.14. The molecule has 0 spiro atoms. The molecule has 1 heterocycles. The van der Waals surface area contributed by atoms with Gasteiger partial charge in [0.2, 0.25) is 0 Å². The second-order valence-corrected chi connectivity index (χ2v) is 5.43. The Bertz CT molecular complexity index is 922. The van der Waals surface area contributed by atoms with Gasteiger partial charge in [0.15, 0.2) is 0 Å². The van der Waals surface area contributed by atoms with Crippen molar-refractivity contribution in [1.82, 2.24) is 4.98 Å². The smallest absolute Gasteiger partial charge is 0.256 e. The quantitative estimate of drug-likeness (QED) is 0.705. The summed E-state index contributed by atoms with van der Waals surface area (Å²) in [5, 5.41) is 12.7. The number of phenols is 1. The number of hydrogen-bond acceptors (Lipinski definition) is 3. The maximum Gasteiger partial charge on any atom is 0.256 e. The zero-order valence-corrected chi connectivity index (χ0v) is 12.7. The molecule has 116 valence electrons. The largest absolute Gasteiger partial charge is 0.508 e. The fourth-order valence-corrected chi connectivity index (χ4v) is 2.50. The number of aryl methyl sites for hydroxylation is 2. The van der Waals surface area contributed by atoms with Crippen molar-refractivity contribution in [2.24, 2.45) is 0 Å². The molecule has 1 amide bonds. The number of halogens is 1. The van der Waals surface area contributed by atoms with Gasteiger partial charge in [-0.2, -0.15) is 0 Å². The van der Waals surface area contributed by atoms with Crippen LogP contribution in [0.1, 0.15) is 21.6 Å². The van der Waals surface area contributed by atoms with E-state index >= 15 is 0 Å². The van der Waals surface area contributed by atoms with Crippen LogP contribution in [0, 0.1) is 19.7 Å². The summed E-state index contributed by atoms with van der Waals surface area (Å²) < 4.78 is 13.5. The number of benzene rings is 2. The molecule has 0 unspecified atom stereocenters. The van der Waals surface area contributed by atoms with E-state index in [-0.39, 0.29) is 11.7 Å². The van der Waals surface area contributed by atoms with E-state index in [4.69, 9.17) is 0 Å². The molecule has 0 radical (unpaired) electrons. The number of anilines is 1. The Morgan fingerprint density at radius 2 is 1.91 bits per heavy atom. The molecule has 4 nitrogen and oxygen atoms in total. The molecule has 0 aliphatic carbocycles. The topological polar surface area (TPSA) is 62.2 Å². The number of rotatable bonds is 2. The van der Waals surface area contributed by atoms with E-state index in [0.29, 0.717) is 27.8 Å². The number of nitrogens with one attached hydrogen (secondary N) is 1.